The highest BCUT2D eigenvalue weighted by Crippen LogP contribution is 2.39. The van der Waals surface area contributed by atoms with Crippen LogP contribution >= 0.6 is 22.9 Å². The maximum Gasteiger partial charge on any atom is 0.252 e. The molecule has 3 aromatic rings. The normalized spacial score (nSPS) is 18.3. The smallest absolute Gasteiger partial charge is 0.252 e. The Labute approximate surface area is 191 Å². The first-order valence-corrected chi connectivity index (χ1v) is 13.1. The van der Waals surface area contributed by atoms with Crippen molar-refractivity contribution in [1.29, 1.82) is 0 Å². The second kappa shape index (κ2) is 8.24. The summed E-state index contributed by atoms with van der Waals surface area (Å²) >= 11 is 7.40. The number of oxazole rings is 1. The summed E-state index contributed by atoms with van der Waals surface area (Å²) in [4.78, 5) is 7.39. The standard InChI is InChI=1S/C22H24ClN3O3S2/c1-15-5-6-17(23)13-18(15)25-9-11-26(12-10-25)31(27,28)21-8-7-20(30-21)19-14-24-22(29-19)16-3-2-4-16/h5-8,13-14,16H,2-4,9-12H2,1H3. The molecule has 1 aliphatic heterocycles. The molecule has 0 unspecified atom stereocenters. The highest BCUT2D eigenvalue weighted by molar-refractivity contribution is 7.91. The average Bonchev–Trinajstić information content (AvgIpc) is 3.39. The number of aryl methyl sites for hydroxylation is 1. The molecule has 0 radical (unpaired) electrons. The number of thiophene rings is 1. The number of halogens is 1. The quantitative estimate of drug-likeness (QED) is 0.508. The van der Waals surface area contributed by atoms with Gasteiger partial charge in [0.05, 0.1) is 11.1 Å². The highest BCUT2D eigenvalue weighted by atomic mass is 35.5. The van der Waals surface area contributed by atoms with E-state index in [1.807, 2.05) is 31.2 Å². The van der Waals surface area contributed by atoms with E-state index in [0.717, 1.165) is 34.9 Å². The van der Waals surface area contributed by atoms with E-state index in [9.17, 15) is 8.42 Å². The van der Waals surface area contributed by atoms with Gasteiger partial charge < -0.3 is 9.32 Å². The zero-order valence-corrected chi connectivity index (χ0v) is 19.6. The summed E-state index contributed by atoms with van der Waals surface area (Å²) in [6.45, 7) is 4.18. The third-order valence-corrected chi connectivity index (χ3v) is 9.85. The van der Waals surface area contributed by atoms with Gasteiger partial charge in [0.1, 0.15) is 4.21 Å². The summed E-state index contributed by atoms with van der Waals surface area (Å²) in [6.07, 6.45) is 5.16. The van der Waals surface area contributed by atoms with Crippen LogP contribution < -0.4 is 4.90 Å². The Hall–Kier alpha value is -1.87. The first-order chi connectivity index (χ1) is 14.9. The zero-order chi connectivity index (χ0) is 21.6. The van der Waals surface area contributed by atoms with Crippen molar-refractivity contribution in [3.05, 3.63) is 53.0 Å². The largest absolute Gasteiger partial charge is 0.440 e. The first kappa shape index (κ1) is 21.0. The van der Waals surface area contributed by atoms with Gasteiger partial charge in [-0.05, 0) is 49.6 Å². The van der Waals surface area contributed by atoms with Crippen LogP contribution in [0.3, 0.4) is 0 Å². The van der Waals surface area contributed by atoms with E-state index in [0.29, 0.717) is 47.1 Å². The third kappa shape index (κ3) is 4.02. The predicted octanol–water partition coefficient (Wildman–Crippen LogP) is 5.14. The van der Waals surface area contributed by atoms with Crippen LogP contribution in [0, 0.1) is 6.92 Å². The molecule has 1 aliphatic carbocycles. The molecule has 3 heterocycles. The van der Waals surface area contributed by atoms with Crippen LogP contribution in [-0.4, -0.2) is 43.9 Å². The topological polar surface area (TPSA) is 66.7 Å². The molecule has 164 valence electrons. The van der Waals surface area contributed by atoms with Gasteiger partial charge in [-0.1, -0.05) is 24.1 Å². The van der Waals surface area contributed by atoms with Crippen molar-refractivity contribution < 1.29 is 12.8 Å². The Morgan fingerprint density at radius 1 is 1.13 bits per heavy atom. The maximum atomic E-state index is 13.2. The maximum absolute atomic E-state index is 13.2. The van der Waals surface area contributed by atoms with E-state index in [1.165, 1.54) is 17.8 Å². The Balaban J connectivity index is 1.29. The number of hydrogen-bond acceptors (Lipinski definition) is 6. The third-order valence-electron chi connectivity index (χ3n) is 6.15. The van der Waals surface area contributed by atoms with E-state index in [-0.39, 0.29) is 0 Å². The number of piperazine rings is 1. The SMILES string of the molecule is Cc1ccc(Cl)cc1N1CCN(S(=O)(=O)c2ccc(-c3cnc(C4CCC4)o3)s2)CC1. The lowest BCUT2D eigenvalue weighted by Gasteiger charge is -2.36. The molecule has 0 N–H and O–H groups in total. The predicted molar refractivity (Wildman–Crippen MR) is 124 cm³/mol. The molecule has 2 aromatic heterocycles. The molecular weight excluding hydrogens is 454 g/mol. The minimum atomic E-state index is -3.54. The lowest BCUT2D eigenvalue weighted by Crippen LogP contribution is -2.48. The summed E-state index contributed by atoms with van der Waals surface area (Å²) < 4.78 is 34.2. The lowest BCUT2D eigenvalue weighted by molar-refractivity contribution is 0.338. The van der Waals surface area contributed by atoms with E-state index < -0.39 is 10.0 Å². The summed E-state index contributed by atoms with van der Waals surface area (Å²) in [5.41, 5.74) is 2.20. The number of rotatable bonds is 5. The molecular formula is C22H24ClN3O3S2. The molecule has 1 saturated heterocycles. The molecule has 6 nitrogen and oxygen atoms in total. The van der Waals surface area contributed by atoms with Gasteiger partial charge in [-0.3, -0.25) is 0 Å². The van der Waals surface area contributed by atoms with Crippen molar-refractivity contribution in [3.8, 4) is 10.6 Å². The van der Waals surface area contributed by atoms with Crippen LogP contribution in [0.5, 0.6) is 0 Å². The number of benzene rings is 1. The van der Waals surface area contributed by atoms with Crippen molar-refractivity contribution in [2.45, 2.75) is 36.3 Å². The monoisotopic (exact) mass is 477 g/mol. The Bertz CT molecular complexity index is 1190. The number of aromatic nitrogens is 1. The molecule has 0 spiro atoms. The Morgan fingerprint density at radius 2 is 1.90 bits per heavy atom. The Morgan fingerprint density at radius 3 is 2.61 bits per heavy atom. The van der Waals surface area contributed by atoms with Crippen molar-refractivity contribution in [2.75, 3.05) is 31.1 Å². The molecule has 2 aliphatic rings. The van der Waals surface area contributed by atoms with Crippen LogP contribution in [0.2, 0.25) is 5.02 Å². The van der Waals surface area contributed by atoms with Gasteiger partial charge in [-0.2, -0.15) is 4.31 Å². The summed E-state index contributed by atoms with van der Waals surface area (Å²) in [6, 6.07) is 9.30. The van der Waals surface area contributed by atoms with E-state index >= 15 is 0 Å². The summed E-state index contributed by atoms with van der Waals surface area (Å²) in [5, 5.41) is 0.689. The minimum absolute atomic E-state index is 0.344. The molecule has 0 bridgehead atoms. The summed E-state index contributed by atoms with van der Waals surface area (Å²) in [5.74, 6) is 1.83. The highest BCUT2D eigenvalue weighted by Gasteiger charge is 2.31. The lowest BCUT2D eigenvalue weighted by atomic mass is 9.85. The molecule has 0 amide bonds. The average molecular weight is 478 g/mol. The van der Waals surface area contributed by atoms with Crippen molar-refractivity contribution in [1.82, 2.24) is 9.29 Å². The number of hydrogen-bond donors (Lipinski definition) is 0. The molecule has 2 fully saturated rings. The van der Waals surface area contributed by atoms with Gasteiger partial charge in [-0.15, -0.1) is 11.3 Å². The van der Waals surface area contributed by atoms with E-state index in [1.54, 1.807) is 16.6 Å². The molecule has 1 aromatic carbocycles. The van der Waals surface area contributed by atoms with Gasteiger partial charge in [0, 0.05) is 42.8 Å². The van der Waals surface area contributed by atoms with Crippen LogP contribution in [0.1, 0.15) is 36.6 Å². The van der Waals surface area contributed by atoms with Gasteiger partial charge >= 0.3 is 0 Å². The second-order valence-corrected chi connectivity index (χ2v) is 11.8. The zero-order valence-electron chi connectivity index (χ0n) is 17.3. The fraction of sp³-hybridized carbons (Fsp3) is 0.409. The molecule has 9 heteroatoms. The number of sulfonamides is 1. The number of nitrogens with zero attached hydrogens (tertiary/aromatic N) is 3. The van der Waals surface area contributed by atoms with Crippen LogP contribution in [0.4, 0.5) is 5.69 Å². The van der Waals surface area contributed by atoms with E-state index in [4.69, 9.17) is 16.0 Å². The van der Waals surface area contributed by atoms with E-state index in [2.05, 4.69) is 9.88 Å². The van der Waals surface area contributed by atoms with Gasteiger partial charge in [0.15, 0.2) is 11.7 Å². The number of anilines is 1. The molecule has 1 saturated carbocycles. The van der Waals surface area contributed by atoms with Gasteiger partial charge in [0.2, 0.25) is 0 Å². The van der Waals surface area contributed by atoms with Crippen LogP contribution in [0.25, 0.3) is 10.6 Å². The van der Waals surface area contributed by atoms with Crippen LogP contribution in [0.15, 0.2) is 45.2 Å². The minimum Gasteiger partial charge on any atom is -0.440 e. The fourth-order valence-corrected chi connectivity index (χ4v) is 7.05. The summed E-state index contributed by atoms with van der Waals surface area (Å²) in [7, 11) is -3.54. The molecule has 31 heavy (non-hydrogen) atoms. The molecule has 0 atom stereocenters. The van der Waals surface area contributed by atoms with Crippen molar-refractivity contribution in [2.24, 2.45) is 0 Å². The van der Waals surface area contributed by atoms with Crippen molar-refractivity contribution in [3.63, 3.8) is 0 Å². The van der Waals surface area contributed by atoms with Gasteiger partial charge in [0.25, 0.3) is 10.0 Å². The Kier molecular flexibility index (Phi) is 5.58. The first-order valence-electron chi connectivity index (χ1n) is 10.5. The van der Waals surface area contributed by atoms with Gasteiger partial charge in [-0.25, -0.2) is 13.4 Å². The molecule has 5 rings (SSSR count). The van der Waals surface area contributed by atoms with Crippen molar-refractivity contribution >= 4 is 38.6 Å². The fourth-order valence-electron chi connectivity index (χ4n) is 4.06. The van der Waals surface area contributed by atoms with Crippen LogP contribution in [-0.2, 0) is 10.0 Å². The second-order valence-electron chi connectivity index (χ2n) is 8.13.